The summed E-state index contributed by atoms with van der Waals surface area (Å²) in [6.45, 7) is 2.02. The van der Waals surface area contributed by atoms with Crippen LogP contribution >= 0.6 is 0 Å². The van der Waals surface area contributed by atoms with Gasteiger partial charge >= 0.3 is 0 Å². The van der Waals surface area contributed by atoms with E-state index < -0.39 is 0 Å². The fraction of sp³-hybridized carbons (Fsp3) is 0.0909. The maximum Gasteiger partial charge on any atom is 0.240 e. The number of nitrogens with zero attached hydrogens (tertiary/aromatic N) is 6. The van der Waals surface area contributed by atoms with Gasteiger partial charge in [-0.05, 0) is 48.9 Å². The third-order valence-electron chi connectivity index (χ3n) is 5.05. The Labute approximate surface area is 171 Å². The molecule has 0 spiro atoms. The molecule has 5 rings (SSSR count). The highest BCUT2D eigenvalue weighted by molar-refractivity contribution is 5.68. The van der Waals surface area contributed by atoms with E-state index in [4.69, 9.17) is 10.7 Å². The Morgan fingerprint density at radius 2 is 1.73 bits per heavy atom. The van der Waals surface area contributed by atoms with Crippen LogP contribution in [-0.2, 0) is 0 Å². The van der Waals surface area contributed by atoms with E-state index in [9.17, 15) is 4.39 Å². The number of nitrogen functional groups attached to an aromatic ring is 1. The van der Waals surface area contributed by atoms with Crippen molar-refractivity contribution in [3.63, 3.8) is 0 Å². The number of aromatic nitrogens is 6. The van der Waals surface area contributed by atoms with Crippen LogP contribution in [0.25, 0.3) is 28.2 Å². The number of hydrogen-bond donors (Lipinski definition) is 1. The van der Waals surface area contributed by atoms with Crippen molar-refractivity contribution in [2.45, 2.75) is 13.0 Å². The molecule has 0 saturated heterocycles. The van der Waals surface area contributed by atoms with Gasteiger partial charge in [-0.25, -0.2) is 13.9 Å². The lowest BCUT2D eigenvalue weighted by Gasteiger charge is -2.12. The molecule has 1 atom stereocenters. The van der Waals surface area contributed by atoms with Gasteiger partial charge in [-0.1, -0.05) is 18.2 Å². The summed E-state index contributed by atoms with van der Waals surface area (Å²) in [5, 5.41) is 8.58. The van der Waals surface area contributed by atoms with Crippen molar-refractivity contribution in [2.75, 3.05) is 5.73 Å². The first-order valence-corrected chi connectivity index (χ1v) is 9.46. The number of benzene rings is 1. The largest absolute Gasteiger partial charge is 0.366 e. The van der Waals surface area contributed by atoms with E-state index in [-0.39, 0.29) is 17.8 Å². The van der Waals surface area contributed by atoms with Crippen LogP contribution in [0.2, 0.25) is 0 Å². The molecule has 0 radical (unpaired) electrons. The predicted molar refractivity (Wildman–Crippen MR) is 112 cm³/mol. The van der Waals surface area contributed by atoms with Gasteiger partial charge in [0.05, 0.1) is 23.6 Å². The molecule has 1 aromatic carbocycles. The second-order valence-electron chi connectivity index (χ2n) is 7.03. The molecular formula is C22H18FN7. The maximum atomic E-state index is 13.2. The van der Waals surface area contributed by atoms with Gasteiger partial charge in [-0.3, -0.25) is 4.68 Å². The highest BCUT2D eigenvalue weighted by atomic mass is 19.1. The molecule has 0 saturated carbocycles. The summed E-state index contributed by atoms with van der Waals surface area (Å²) in [5.41, 5.74) is 10.8. The Bertz CT molecular complexity index is 1340. The molecule has 148 valence electrons. The quantitative estimate of drug-likeness (QED) is 0.494. The van der Waals surface area contributed by atoms with Gasteiger partial charge < -0.3 is 5.73 Å². The molecule has 0 fully saturated rings. The summed E-state index contributed by atoms with van der Waals surface area (Å²) in [4.78, 5) is 8.99. The molecule has 30 heavy (non-hydrogen) atoms. The zero-order valence-corrected chi connectivity index (χ0v) is 16.1. The Balaban J connectivity index is 1.46. The minimum atomic E-state index is -0.250. The molecular weight excluding hydrogens is 381 g/mol. The molecule has 1 unspecified atom stereocenters. The van der Waals surface area contributed by atoms with Crippen LogP contribution in [0, 0.1) is 5.82 Å². The third-order valence-corrected chi connectivity index (χ3v) is 5.05. The van der Waals surface area contributed by atoms with Crippen molar-refractivity contribution in [1.82, 2.24) is 29.4 Å². The highest BCUT2D eigenvalue weighted by Gasteiger charge is 2.12. The van der Waals surface area contributed by atoms with E-state index in [0.717, 1.165) is 28.1 Å². The number of anilines is 1. The molecule has 0 amide bonds. The average molecular weight is 399 g/mol. The van der Waals surface area contributed by atoms with Crippen LogP contribution < -0.4 is 5.73 Å². The van der Waals surface area contributed by atoms with Gasteiger partial charge in [-0.15, -0.1) is 5.10 Å². The van der Waals surface area contributed by atoms with Gasteiger partial charge in [0.15, 0.2) is 5.65 Å². The lowest BCUT2D eigenvalue weighted by atomic mass is 10.1. The van der Waals surface area contributed by atoms with Crippen molar-refractivity contribution in [3.05, 3.63) is 84.6 Å². The minimum Gasteiger partial charge on any atom is -0.366 e. The van der Waals surface area contributed by atoms with Crippen LogP contribution in [0.5, 0.6) is 0 Å². The topological polar surface area (TPSA) is 86.9 Å². The normalized spacial score (nSPS) is 12.3. The summed E-state index contributed by atoms with van der Waals surface area (Å²) >= 11 is 0. The van der Waals surface area contributed by atoms with Crippen LogP contribution in [0.4, 0.5) is 10.3 Å². The predicted octanol–water partition coefficient (Wildman–Crippen LogP) is 3.99. The standard InChI is InChI=1S/C22H18FN7/c1-14(15-5-7-18(23)8-6-15)30-13-17(12-25-30)20-4-2-3-19(26-20)16-9-10-29-21(11-16)27-22(24)28-29/h2-14H,1H3,(H2,24,28). The number of pyridine rings is 2. The molecule has 5 aromatic rings. The average Bonchev–Trinajstić information content (AvgIpc) is 3.39. The highest BCUT2D eigenvalue weighted by Crippen LogP contribution is 2.25. The molecule has 2 N–H and O–H groups in total. The first-order chi connectivity index (χ1) is 14.6. The Kier molecular flexibility index (Phi) is 4.24. The van der Waals surface area contributed by atoms with Crippen LogP contribution in [-0.4, -0.2) is 29.4 Å². The second-order valence-corrected chi connectivity index (χ2v) is 7.03. The first kappa shape index (κ1) is 18.0. The second kappa shape index (κ2) is 7.07. The fourth-order valence-electron chi connectivity index (χ4n) is 3.39. The van der Waals surface area contributed by atoms with E-state index in [1.165, 1.54) is 12.1 Å². The fourth-order valence-corrected chi connectivity index (χ4v) is 3.39. The lowest BCUT2D eigenvalue weighted by molar-refractivity contribution is 0.561. The minimum absolute atomic E-state index is 0.0247. The summed E-state index contributed by atoms with van der Waals surface area (Å²) in [5.74, 6) is -0.0170. The molecule has 0 aliphatic carbocycles. The van der Waals surface area contributed by atoms with Gasteiger partial charge in [-0.2, -0.15) is 10.1 Å². The SMILES string of the molecule is CC(c1ccc(F)cc1)n1cc(-c2cccc(-c3ccn4nc(N)nc4c3)n2)cn1. The Hall–Kier alpha value is -4.07. The number of fused-ring (bicyclic) bond motifs is 1. The third kappa shape index (κ3) is 3.28. The molecule has 8 heteroatoms. The summed E-state index contributed by atoms with van der Waals surface area (Å²) < 4.78 is 16.7. The van der Waals surface area contributed by atoms with Gasteiger partial charge in [0.2, 0.25) is 5.95 Å². The zero-order valence-electron chi connectivity index (χ0n) is 16.1. The molecule has 7 nitrogen and oxygen atoms in total. The summed E-state index contributed by atoms with van der Waals surface area (Å²) in [7, 11) is 0. The molecule has 4 heterocycles. The Morgan fingerprint density at radius 1 is 0.967 bits per heavy atom. The van der Waals surface area contributed by atoms with Gasteiger partial charge in [0.1, 0.15) is 5.82 Å². The van der Waals surface area contributed by atoms with Gasteiger partial charge in [0.25, 0.3) is 0 Å². The van der Waals surface area contributed by atoms with Crippen molar-refractivity contribution in [3.8, 4) is 22.5 Å². The zero-order chi connectivity index (χ0) is 20.7. The van der Waals surface area contributed by atoms with E-state index in [2.05, 4.69) is 15.2 Å². The van der Waals surface area contributed by atoms with Crippen LogP contribution in [0.3, 0.4) is 0 Å². The van der Waals surface area contributed by atoms with Gasteiger partial charge in [0, 0.05) is 23.5 Å². The van der Waals surface area contributed by atoms with Crippen molar-refractivity contribution >= 4 is 11.6 Å². The smallest absolute Gasteiger partial charge is 0.240 e. The van der Waals surface area contributed by atoms with Crippen LogP contribution in [0.1, 0.15) is 18.5 Å². The van der Waals surface area contributed by atoms with E-state index >= 15 is 0 Å². The lowest BCUT2D eigenvalue weighted by Crippen LogP contribution is -2.06. The van der Waals surface area contributed by atoms with Crippen molar-refractivity contribution < 1.29 is 4.39 Å². The molecule has 0 aliphatic rings. The molecule has 0 bridgehead atoms. The summed E-state index contributed by atoms with van der Waals surface area (Å²) in [6, 6.07) is 16.1. The number of halogens is 1. The number of rotatable bonds is 4. The number of nitrogens with two attached hydrogens (primary N) is 1. The first-order valence-electron chi connectivity index (χ1n) is 9.46. The van der Waals surface area contributed by atoms with Crippen molar-refractivity contribution in [2.24, 2.45) is 0 Å². The van der Waals surface area contributed by atoms with E-state index in [1.54, 1.807) is 22.8 Å². The Morgan fingerprint density at radius 3 is 2.53 bits per heavy atom. The molecule has 4 aromatic heterocycles. The van der Waals surface area contributed by atoms with E-state index in [0.29, 0.717) is 5.65 Å². The molecule has 0 aliphatic heterocycles. The maximum absolute atomic E-state index is 13.2. The monoisotopic (exact) mass is 399 g/mol. The van der Waals surface area contributed by atoms with Crippen LogP contribution in [0.15, 0.2) is 73.2 Å². The number of hydrogen-bond acceptors (Lipinski definition) is 5. The van der Waals surface area contributed by atoms with E-state index in [1.807, 2.05) is 54.3 Å². The van der Waals surface area contributed by atoms with Crippen molar-refractivity contribution in [1.29, 1.82) is 0 Å². The summed E-state index contributed by atoms with van der Waals surface area (Å²) in [6.07, 6.45) is 5.54.